The minimum absolute atomic E-state index is 0.258. The fraction of sp³-hybridized carbons (Fsp3) is 0.541. The monoisotopic (exact) mass is 634 g/mol. The van der Waals surface area contributed by atoms with Crippen LogP contribution in [-0.2, 0) is 32.0 Å². The van der Waals surface area contributed by atoms with Crippen LogP contribution in [-0.4, -0.2) is 43.7 Å². The molecule has 0 N–H and O–H groups in total. The zero-order valence-electron chi connectivity index (χ0n) is 28.5. The van der Waals surface area contributed by atoms with E-state index in [1.54, 1.807) is 55.6 Å². The van der Waals surface area contributed by atoms with Crippen LogP contribution in [0.3, 0.4) is 0 Å². The smallest absolute Gasteiger partial charge is 0.323 e. The molecular formula is C37H48NO8+. The van der Waals surface area contributed by atoms with Crippen LogP contribution in [0, 0.1) is 5.41 Å². The number of nitrogens with zero attached hydrogens (tertiary/aromatic N) is 1. The van der Waals surface area contributed by atoms with Gasteiger partial charge < -0.3 is 28.4 Å². The van der Waals surface area contributed by atoms with Crippen molar-refractivity contribution in [3.8, 4) is 34.3 Å². The van der Waals surface area contributed by atoms with Crippen molar-refractivity contribution in [2.45, 2.75) is 105 Å². The van der Waals surface area contributed by atoms with Gasteiger partial charge in [0.05, 0.1) is 24.7 Å². The number of hydrogen-bond acceptors (Lipinski definition) is 8. The molecule has 2 aliphatic heterocycles. The summed E-state index contributed by atoms with van der Waals surface area (Å²) in [6.45, 7) is 14.0. The number of aryl methyl sites for hydroxylation is 2. The number of carbonyl (C=O) groups is 2. The van der Waals surface area contributed by atoms with Crippen LogP contribution < -0.4 is 23.5 Å². The van der Waals surface area contributed by atoms with E-state index in [1.165, 1.54) is 5.56 Å². The first-order valence-electron chi connectivity index (χ1n) is 16.3. The fourth-order valence-electron chi connectivity index (χ4n) is 5.88. The number of rotatable bonds is 11. The van der Waals surface area contributed by atoms with Crippen molar-refractivity contribution in [1.82, 2.24) is 0 Å². The van der Waals surface area contributed by atoms with Crippen LogP contribution in [0.4, 0.5) is 0 Å². The Bertz CT molecular complexity index is 1590. The Kier molecular flexibility index (Phi) is 9.43. The Morgan fingerprint density at radius 3 is 2.15 bits per heavy atom. The first-order valence-corrected chi connectivity index (χ1v) is 16.3. The third kappa shape index (κ3) is 7.34. The van der Waals surface area contributed by atoms with E-state index < -0.39 is 28.6 Å². The summed E-state index contributed by atoms with van der Waals surface area (Å²) in [6.07, 6.45) is 6.61. The first-order chi connectivity index (χ1) is 21.7. The third-order valence-electron chi connectivity index (χ3n) is 8.31. The van der Waals surface area contributed by atoms with Gasteiger partial charge in [0.2, 0.25) is 12.5 Å². The van der Waals surface area contributed by atoms with E-state index >= 15 is 0 Å². The van der Waals surface area contributed by atoms with Gasteiger partial charge >= 0.3 is 11.9 Å². The Morgan fingerprint density at radius 1 is 0.848 bits per heavy atom. The van der Waals surface area contributed by atoms with Crippen molar-refractivity contribution in [3.05, 3.63) is 42.1 Å². The molecule has 46 heavy (non-hydrogen) atoms. The molecule has 0 fully saturated rings. The highest BCUT2D eigenvalue weighted by Crippen LogP contribution is 2.42. The summed E-state index contributed by atoms with van der Waals surface area (Å²) in [6, 6.07) is 10.4. The molecule has 0 atom stereocenters. The van der Waals surface area contributed by atoms with Gasteiger partial charge in [-0.2, -0.15) is 4.57 Å². The Balaban J connectivity index is 1.22. The molecule has 9 nitrogen and oxygen atoms in total. The number of pyridine rings is 1. The van der Waals surface area contributed by atoms with Gasteiger partial charge in [-0.15, -0.1) is 0 Å². The molecule has 0 saturated heterocycles. The number of methoxy groups -OCH3 is 1. The van der Waals surface area contributed by atoms with Crippen LogP contribution in [0.5, 0.6) is 23.0 Å². The lowest BCUT2D eigenvalue weighted by Gasteiger charge is -2.32. The number of unbranched alkanes of at least 4 members (excludes halogenated alkanes) is 3. The molecule has 0 radical (unpaired) electrons. The summed E-state index contributed by atoms with van der Waals surface area (Å²) in [4.78, 5) is 26.3. The van der Waals surface area contributed by atoms with E-state index in [9.17, 15) is 9.59 Å². The van der Waals surface area contributed by atoms with Gasteiger partial charge in [-0.05, 0) is 96.5 Å². The lowest BCUT2D eigenvalue weighted by atomic mass is 9.84. The SMILES string of the molecule is COc1ccc2cc3[n+](cc2c1OCCCCCCC(C)(C(=O)OC(C)(C)C)C(=O)OC(C)(C)C)CCc1cc2c(cc1-3)OCO2. The second-order valence-corrected chi connectivity index (χ2v) is 14.4. The molecule has 0 aliphatic carbocycles. The van der Waals surface area contributed by atoms with E-state index in [2.05, 4.69) is 35.0 Å². The highest BCUT2D eigenvalue weighted by Gasteiger charge is 2.46. The molecule has 9 heteroatoms. The van der Waals surface area contributed by atoms with E-state index in [0.717, 1.165) is 71.5 Å². The van der Waals surface area contributed by atoms with Crippen molar-refractivity contribution in [2.75, 3.05) is 20.5 Å². The maximum Gasteiger partial charge on any atom is 0.323 e. The lowest BCUT2D eigenvalue weighted by Crippen LogP contribution is -2.44. The normalized spacial score (nSPS) is 14.0. The lowest BCUT2D eigenvalue weighted by molar-refractivity contribution is -0.686. The average molecular weight is 635 g/mol. The molecule has 3 heterocycles. The molecule has 2 aromatic carbocycles. The second kappa shape index (κ2) is 13.0. The van der Waals surface area contributed by atoms with E-state index in [1.807, 2.05) is 6.07 Å². The Hall–Kier alpha value is -4.01. The van der Waals surface area contributed by atoms with Crippen molar-refractivity contribution >= 4 is 22.7 Å². The number of aromatic nitrogens is 1. The van der Waals surface area contributed by atoms with Crippen LogP contribution in [0.1, 0.15) is 86.1 Å². The molecular weight excluding hydrogens is 586 g/mol. The number of carbonyl (C=O) groups excluding carboxylic acids is 2. The zero-order chi connectivity index (χ0) is 33.3. The summed E-state index contributed by atoms with van der Waals surface area (Å²) in [7, 11) is 1.66. The number of benzene rings is 2. The molecule has 0 amide bonds. The molecule has 248 valence electrons. The summed E-state index contributed by atoms with van der Waals surface area (Å²) in [5.74, 6) is 1.93. The van der Waals surface area contributed by atoms with Crippen molar-refractivity contribution in [2.24, 2.45) is 5.41 Å². The fourth-order valence-corrected chi connectivity index (χ4v) is 5.88. The minimum Gasteiger partial charge on any atom is -0.493 e. The predicted octanol–water partition coefficient (Wildman–Crippen LogP) is 7.11. The van der Waals surface area contributed by atoms with Gasteiger partial charge in [-0.25, -0.2) is 0 Å². The molecule has 0 spiro atoms. The maximum absolute atomic E-state index is 13.1. The summed E-state index contributed by atoms with van der Waals surface area (Å²) < 4.78 is 36.9. The second-order valence-electron chi connectivity index (χ2n) is 14.4. The topological polar surface area (TPSA) is 93.4 Å². The highest BCUT2D eigenvalue weighted by molar-refractivity contribution is 6.00. The molecule has 3 aromatic rings. The van der Waals surface area contributed by atoms with Crippen LogP contribution in [0.15, 0.2) is 36.5 Å². The van der Waals surface area contributed by atoms with Gasteiger partial charge in [0, 0.05) is 12.5 Å². The summed E-state index contributed by atoms with van der Waals surface area (Å²) in [5, 5.41) is 2.06. The predicted molar refractivity (Wildman–Crippen MR) is 174 cm³/mol. The summed E-state index contributed by atoms with van der Waals surface area (Å²) in [5.41, 5.74) is 0.773. The minimum atomic E-state index is -1.37. The molecule has 5 rings (SSSR count). The summed E-state index contributed by atoms with van der Waals surface area (Å²) >= 11 is 0. The third-order valence-corrected chi connectivity index (χ3v) is 8.31. The average Bonchev–Trinajstić information content (AvgIpc) is 3.44. The van der Waals surface area contributed by atoms with Gasteiger partial charge in [0.25, 0.3) is 0 Å². The quantitative estimate of drug-likeness (QED) is 0.0954. The van der Waals surface area contributed by atoms with Crippen molar-refractivity contribution in [1.29, 1.82) is 0 Å². The standard InChI is InChI=1S/C37H48NO8/c1-35(2,3)45-33(39)37(7,34(40)46-36(4,5)6)16-11-9-10-12-18-42-32-27-22-38-17-15-25-20-30-31(44-23-43-30)21-26(25)28(38)19-24(27)13-14-29(32)41-8/h13-14,19-22H,9-12,15-18,23H2,1-8H3/q+1. The maximum atomic E-state index is 13.1. The number of hydrogen-bond donors (Lipinski definition) is 0. The Morgan fingerprint density at radius 2 is 1.50 bits per heavy atom. The van der Waals surface area contributed by atoms with Gasteiger partial charge in [-0.1, -0.05) is 19.3 Å². The first kappa shape index (κ1) is 33.4. The van der Waals surface area contributed by atoms with Crippen LogP contribution >= 0.6 is 0 Å². The largest absolute Gasteiger partial charge is 0.493 e. The van der Waals surface area contributed by atoms with E-state index in [4.69, 9.17) is 28.4 Å². The van der Waals surface area contributed by atoms with Crippen LogP contribution in [0.2, 0.25) is 0 Å². The highest BCUT2D eigenvalue weighted by atomic mass is 16.7. The van der Waals surface area contributed by atoms with Crippen molar-refractivity contribution < 1.29 is 42.6 Å². The van der Waals surface area contributed by atoms with E-state index in [-0.39, 0.29) is 6.79 Å². The Labute approximate surface area is 272 Å². The molecule has 2 aliphatic rings. The van der Waals surface area contributed by atoms with Crippen molar-refractivity contribution in [3.63, 3.8) is 0 Å². The number of ether oxygens (including phenoxy) is 6. The van der Waals surface area contributed by atoms with Gasteiger partial charge in [0.1, 0.15) is 11.2 Å². The van der Waals surface area contributed by atoms with Gasteiger partial charge in [0.15, 0.2) is 41.2 Å². The molecule has 0 bridgehead atoms. The zero-order valence-corrected chi connectivity index (χ0v) is 28.5. The van der Waals surface area contributed by atoms with Crippen LogP contribution in [0.25, 0.3) is 22.0 Å². The number of esters is 2. The molecule has 0 unspecified atom stereocenters. The van der Waals surface area contributed by atoms with E-state index in [0.29, 0.717) is 25.2 Å². The molecule has 0 saturated carbocycles. The molecule has 1 aromatic heterocycles. The van der Waals surface area contributed by atoms with Gasteiger partial charge in [-0.3, -0.25) is 9.59 Å². The number of fused-ring (bicyclic) bond motifs is 5.